The lowest BCUT2D eigenvalue weighted by Gasteiger charge is -2.19. The van der Waals surface area contributed by atoms with Gasteiger partial charge in [0, 0.05) is 19.7 Å². The van der Waals surface area contributed by atoms with Crippen LogP contribution in [0.5, 0.6) is 0 Å². The Balaban J connectivity index is 2.55. The number of carbonyl (C=O) groups is 1. The van der Waals surface area contributed by atoms with Crippen molar-refractivity contribution in [3.05, 3.63) is 39.4 Å². The van der Waals surface area contributed by atoms with Gasteiger partial charge in [0.25, 0.3) is 0 Å². The van der Waals surface area contributed by atoms with Crippen molar-refractivity contribution in [1.82, 2.24) is 14.7 Å². The normalized spacial score (nSPS) is 12.2. The first-order valence-electron chi connectivity index (χ1n) is 6.13. The average Bonchev–Trinajstić information content (AvgIpc) is 2.74. The van der Waals surface area contributed by atoms with Gasteiger partial charge in [0.15, 0.2) is 0 Å². The summed E-state index contributed by atoms with van der Waals surface area (Å²) in [5, 5.41) is 4.43. The minimum Gasteiger partial charge on any atom is -0.347 e. The van der Waals surface area contributed by atoms with E-state index in [1.165, 1.54) is 0 Å². The van der Waals surface area contributed by atoms with E-state index in [2.05, 4.69) is 37.0 Å². The molecule has 0 aliphatic heterocycles. The van der Waals surface area contributed by atoms with Crippen LogP contribution < -0.4 is 0 Å². The Labute approximate surface area is 135 Å². The number of likely N-dealkylation sites (N-methyl/N-ethyl adjacent to an activating group) is 1. The fourth-order valence-electron chi connectivity index (χ4n) is 2.00. The monoisotopic (exact) mass is 399 g/mol. The number of aromatic nitrogens is 2. The lowest BCUT2D eigenvalue weighted by Crippen LogP contribution is -2.30. The standard InChI is InChI=1S/C14H15Br2N3O/c1-9(14(20)18(2)3)19-12(11(15)13(16)17-19)10-7-5-4-6-8-10/h4-9H,1-3H3. The van der Waals surface area contributed by atoms with Gasteiger partial charge in [-0.05, 0) is 38.8 Å². The van der Waals surface area contributed by atoms with Crippen LogP contribution in [0.2, 0.25) is 0 Å². The van der Waals surface area contributed by atoms with E-state index in [4.69, 9.17) is 0 Å². The molecule has 0 fully saturated rings. The Bertz CT molecular complexity index is 623. The van der Waals surface area contributed by atoms with Gasteiger partial charge in [0.2, 0.25) is 5.91 Å². The number of halogens is 2. The molecule has 1 aromatic heterocycles. The molecule has 20 heavy (non-hydrogen) atoms. The van der Waals surface area contributed by atoms with Crippen LogP contribution in [0.15, 0.2) is 39.4 Å². The number of carbonyl (C=O) groups excluding carboxylic acids is 1. The number of amides is 1. The molecule has 0 N–H and O–H groups in total. The summed E-state index contributed by atoms with van der Waals surface area (Å²) >= 11 is 6.95. The number of rotatable bonds is 3. The van der Waals surface area contributed by atoms with Crippen molar-refractivity contribution >= 4 is 37.8 Å². The zero-order valence-electron chi connectivity index (χ0n) is 11.5. The predicted octanol–water partition coefficient (Wildman–Crippen LogP) is 3.72. The second kappa shape index (κ2) is 6.10. The summed E-state index contributed by atoms with van der Waals surface area (Å²) in [4.78, 5) is 13.8. The molecule has 0 saturated heterocycles. The molecule has 0 spiro atoms. The Hall–Kier alpha value is -1.14. The summed E-state index contributed by atoms with van der Waals surface area (Å²) < 4.78 is 3.28. The maximum atomic E-state index is 12.2. The second-order valence-corrected chi connectivity index (χ2v) is 6.22. The molecule has 6 heteroatoms. The minimum absolute atomic E-state index is 0.00433. The molecular formula is C14H15Br2N3O. The largest absolute Gasteiger partial charge is 0.347 e. The topological polar surface area (TPSA) is 38.1 Å². The van der Waals surface area contributed by atoms with Gasteiger partial charge in [-0.3, -0.25) is 9.48 Å². The quantitative estimate of drug-likeness (QED) is 0.787. The molecule has 1 heterocycles. The number of hydrogen-bond acceptors (Lipinski definition) is 2. The predicted molar refractivity (Wildman–Crippen MR) is 86.5 cm³/mol. The zero-order valence-corrected chi connectivity index (χ0v) is 14.6. The van der Waals surface area contributed by atoms with E-state index >= 15 is 0 Å². The summed E-state index contributed by atoms with van der Waals surface area (Å²) in [6.07, 6.45) is 0. The smallest absolute Gasteiger partial charge is 0.246 e. The van der Waals surface area contributed by atoms with Crippen molar-refractivity contribution in [2.75, 3.05) is 14.1 Å². The average molecular weight is 401 g/mol. The highest BCUT2D eigenvalue weighted by atomic mass is 79.9. The Morgan fingerprint density at radius 3 is 2.40 bits per heavy atom. The molecule has 0 radical (unpaired) electrons. The van der Waals surface area contributed by atoms with E-state index < -0.39 is 0 Å². The van der Waals surface area contributed by atoms with Crippen molar-refractivity contribution in [3.63, 3.8) is 0 Å². The molecule has 1 aromatic carbocycles. The molecule has 1 unspecified atom stereocenters. The third-order valence-electron chi connectivity index (χ3n) is 3.03. The molecule has 2 rings (SSSR count). The van der Waals surface area contributed by atoms with Crippen molar-refractivity contribution < 1.29 is 4.79 Å². The van der Waals surface area contributed by atoms with Crippen LogP contribution in [-0.4, -0.2) is 34.7 Å². The third kappa shape index (κ3) is 2.81. The van der Waals surface area contributed by atoms with Crippen molar-refractivity contribution in [2.45, 2.75) is 13.0 Å². The van der Waals surface area contributed by atoms with Crippen molar-refractivity contribution in [2.24, 2.45) is 0 Å². The van der Waals surface area contributed by atoms with E-state index in [0.29, 0.717) is 4.60 Å². The molecule has 0 saturated carbocycles. The van der Waals surface area contributed by atoms with E-state index in [1.54, 1.807) is 23.7 Å². The molecule has 0 bridgehead atoms. The van der Waals surface area contributed by atoms with Crippen LogP contribution >= 0.6 is 31.9 Å². The van der Waals surface area contributed by atoms with Gasteiger partial charge in [-0.15, -0.1) is 0 Å². The molecule has 4 nitrogen and oxygen atoms in total. The number of hydrogen-bond donors (Lipinski definition) is 0. The maximum absolute atomic E-state index is 12.2. The molecule has 0 aliphatic carbocycles. The fourth-order valence-corrected chi connectivity index (χ4v) is 2.85. The Morgan fingerprint density at radius 2 is 1.85 bits per heavy atom. The summed E-state index contributed by atoms with van der Waals surface area (Å²) in [6.45, 7) is 1.85. The van der Waals surface area contributed by atoms with Crippen LogP contribution in [0.4, 0.5) is 0 Å². The third-order valence-corrected chi connectivity index (χ3v) is 4.86. The second-order valence-electron chi connectivity index (χ2n) is 4.67. The van der Waals surface area contributed by atoms with Gasteiger partial charge in [0.1, 0.15) is 10.6 Å². The zero-order chi connectivity index (χ0) is 14.9. The number of nitrogens with zero attached hydrogens (tertiary/aromatic N) is 3. The minimum atomic E-state index is -0.372. The highest BCUT2D eigenvalue weighted by Gasteiger charge is 2.24. The van der Waals surface area contributed by atoms with Gasteiger partial charge >= 0.3 is 0 Å². The molecule has 1 amide bonds. The number of benzene rings is 1. The highest BCUT2D eigenvalue weighted by Crippen LogP contribution is 2.35. The lowest BCUT2D eigenvalue weighted by molar-refractivity contribution is -0.131. The first-order chi connectivity index (χ1) is 9.43. The highest BCUT2D eigenvalue weighted by molar-refractivity contribution is 9.13. The summed E-state index contributed by atoms with van der Waals surface area (Å²) in [6, 6.07) is 9.51. The fraction of sp³-hybridized carbons (Fsp3) is 0.286. The van der Waals surface area contributed by atoms with Crippen LogP contribution in [0.1, 0.15) is 13.0 Å². The van der Waals surface area contributed by atoms with Gasteiger partial charge in [-0.1, -0.05) is 30.3 Å². The molecule has 0 aliphatic rings. The summed E-state index contributed by atoms with van der Waals surface area (Å²) in [5.41, 5.74) is 1.90. The van der Waals surface area contributed by atoms with E-state index in [0.717, 1.165) is 15.7 Å². The lowest BCUT2D eigenvalue weighted by atomic mass is 10.1. The summed E-state index contributed by atoms with van der Waals surface area (Å²) in [5.74, 6) is 0.00433. The maximum Gasteiger partial charge on any atom is 0.246 e. The van der Waals surface area contributed by atoms with Crippen LogP contribution in [0.3, 0.4) is 0 Å². The van der Waals surface area contributed by atoms with Crippen molar-refractivity contribution in [1.29, 1.82) is 0 Å². The van der Waals surface area contributed by atoms with Gasteiger partial charge < -0.3 is 4.90 Å². The van der Waals surface area contributed by atoms with Crippen LogP contribution in [-0.2, 0) is 4.79 Å². The molecule has 2 aromatic rings. The SMILES string of the molecule is CC(C(=O)N(C)C)n1nc(Br)c(Br)c1-c1ccccc1. The summed E-state index contributed by atoms with van der Waals surface area (Å²) in [7, 11) is 3.49. The van der Waals surface area contributed by atoms with E-state index in [9.17, 15) is 4.79 Å². The Morgan fingerprint density at radius 1 is 1.25 bits per heavy atom. The van der Waals surface area contributed by atoms with Crippen molar-refractivity contribution in [3.8, 4) is 11.3 Å². The van der Waals surface area contributed by atoms with Gasteiger partial charge in [0.05, 0.1) is 10.2 Å². The van der Waals surface area contributed by atoms with E-state index in [1.807, 2.05) is 37.3 Å². The molecule has 106 valence electrons. The first kappa shape index (κ1) is 15.3. The first-order valence-corrected chi connectivity index (χ1v) is 7.72. The van der Waals surface area contributed by atoms with Gasteiger partial charge in [-0.25, -0.2) is 0 Å². The molecule has 1 atom stereocenters. The van der Waals surface area contributed by atoms with Crippen LogP contribution in [0.25, 0.3) is 11.3 Å². The Kier molecular flexibility index (Phi) is 4.65. The van der Waals surface area contributed by atoms with Gasteiger partial charge in [-0.2, -0.15) is 5.10 Å². The van der Waals surface area contributed by atoms with Crippen LogP contribution in [0, 0.1) is 0 Å². The van der Waals surface area contributed by atoms with E-state index in [-0.39, 0.29) is 11.9 Å². The molecular weight excluding hydrogens is 386 g/mol.